The van der Waals surface area contributed by atoms with Crippen LogP contribution in [-0.4, -0.2) is 25.1 Å². The van der Waals surface area contributed by atoms with Crippen LogP contribution in [0.5, 0.6) is 0 Å². The normalized spacial score (nSPS) is 11.2. The van der Waals surface area contributed by atoms with Gasteiger partial charge in [0, 0.05) is 18.7 Å². The first kappa shape index (κ1) is 19.7. The van der Waals surface area contributed by atoms with E-state index in [-0.39, 0.29) is 12.4 Å². The second-order valence-electron chi connectivity index (χ2n) is 6.63. The van der Waals surface area contributed by atoms with Crippen molar-refractivity contribution < 1.29 is 13.9 Å². The molecule has 0 spiro atoms. The highest BCUT2D eigenvalue weighted by atomic mass is 16.5. The molecule has 0 amide bonds. The minimum Gasteiger partial charge on any atom is -0.457 e. The van der Waals surface area contributed by atoms with Gasteiger partial charge in [0.15, 0.2) is 11.2 Å². The number of carbonyl (C=O) groups is 1. The third kappa shape index (κ3) is 3.64. The molecule has 9 nitrogen and oxygen atoms in total. The molecule has 0 aliphatic carbocycles. The topological polar surface area (TPSA) is 112 Å². The van der Waals surface area contributed by atoms with Crippen molar-refractivity contribution in [3.63, 3.8) is 0 Å². The van der Waals surface area contributed by atoms with Gasteiger partial charge in [-0.2, -0.15) is 0 Å². The SMILES string of the molecule is CCCCn1c(=O)[nH]c(=O)c2c1nc(COC(=O)c1occc1C)n2CCC. The van der Waals surface area contributed by atoms with Crippen LogP contribution < -0.4 is 11.2 Å². The smallest absolute Gasteiger partial charge is 0.374 e. The Balaban J connectivity index is 2.01. The molecular formula is C19H24N4O5. The van der Waals surface area contributed by atoms with Crippen LogP contribution in [0, 0.1) is 6.92 Å². The van der Waals surface area contributed by atoms with E-state index in [2.05, 4.69) is 9.97 Å². The maximum absolute atomic E-state index is 12.5. The van der Waals surface area contributed by atoms with Gasteiger partial charge in [-0.3, -0.25) is 14.3 Å². The highest BCUT2D eigenvalue weighted by Gasteiger charge is 2.20. The highest BCUT2D eigenvalue weighted by Crippen LogP contribution is 2.16. The van der Waals surface area contributed by atoms with Gasteiger partial charge in [0.05, 0.1) is 6.26 Å². The van der Waals surface area contributed by atoms with Crippen molar-refractivity contribution in [2.75, 3.05) is 0 Å². The summed E-state index contributed by atoms with van der Waals surface area (Å²) in [5.74, 6) is -0.0542. The van der Waals surface area contributed by atoms with E-state index in [1.54, 1.807) is 17.6 Å². The summed E-state index contributed by atoms with van der Waals surface area (Å²) in [5.41, 5.74) is 0.334. The summed E-state index contributed by atoms with van der Waals surface area (Å²) in [7, 11) is 0. The quantitative estimate of drug-likeness (QED) is 0.593. The molecule has 0 aliphatic heterocycles. The van der Waals surface area contributed by atoms with E-state index in [0.29, 0.717) is 35.6 Å². The Kier molecular flexibility index (Phi) is 5.81. The van der Waals surface area contributed by atoms with Gasteiger partial charge < -0.3 is 13.7 Å². The molecule has 1 N–H and O–H groups in total. The number of hydrogen-bond donors (Lipinski definition) is 1. The van der Waals surface area contributed by atoms with Crippen molar-refractivity contribution in [3.8, 4) is 0 Å². The van der Waals surface area contributed by atoms with Crippen LogP contribution in [0.4, 0.5) is 0 Å². The Labute approximate surface area is 161 Å². The van der Waals surface area contributed by atoms with Crippen LogP contribution in [0.1, 0.15) is 55.1 Å². The number of aryl methyl sites for hydroxylation is 3. The molecule has 3 aromatic rings. The number of unbranched alkanes of at least 4 members (excludes halogenated alkanes) is 1. The van der Waals surface area contributed by atoms with Crippen LogP contribution in [0.15, 0.2) is 26.3 Å². The zero-order chi connectivity index (χ0) is 20.3. The molecule has 3 heterocycles. The first-order chi connectivity index (χ1) is 13.5. The molecule has 0 aromatic carbocycles. The molecule has 0 atom stereocenters. The number of hydrogen-bond acceptors (Lipinski definition) is 6. The largest absolute Gasteiger partial charge is 0.457 e. The molecule has 150 valence electrons. The van der Waals surface area contributed by atoms with Gasteiger partial charge >= 0.3 is 11.7 Å². The summed E-state index contributed by atoms with van der Waals surface area (Å²) in [4.78, 5) is 43.8. The fourth-order valence-electron chi connectivity index (χ4n) is 3.09. The summed E-state index contributed by atoms with van der Waals surface area (Å²) in [6.45, 7) is 6.57. The Morgan fingerprint density at radius 2 is 2.00 bits per heavy atom. The number of furan rings is 1. The number of carbonyl (C=O) groups excluding carboxylic acids is 1. The number of esters is 1. The molecule has 0 unspecified atom stereocenters. The molecule has 0 bridgehead atoms. The average molecular weight is 388 g/mol. The van der Waals surface area contributed by atoms with Crippen molar-refractivity contribution in [1.82, 2.24) is 19.1 Å². The molecule has 3 aromatic heterocycles. The zero-order valence-electron chi connectivity index (χ0n) is 16.3. The first-order valence-electron chi connectivity index (χ1n) is 9.41. The number of ether oxygens (including phenoxy) is 1. The lowest BCUT2D eigenvalue weighted by Gasteiger charge is -2.08. The molecule has 9 heteroatoms. The second-order valence-corrected chi connectivity index (χ2v) is 6.63. The van der Waals surface area contributed by atoms with Gasteiger partial charge in [0.25, 0.3) is 5.56 Å². The van der Waals surface area contributed by atoms with Crippen LogP contribution >= 0.6 is 0 Å². The molecule has 0 fully saturated rings. The minimum atomic E-state index is -0.602. The first-order valence-corrected chi connectivity index (χ1v) is 9.41. The van der Waals surface area contributed by atoms with Crippen molar-refractivity contribution in [2.45, 2.75) is 59.7 Å². The van der Waals surface area contributed by atoms with E-state index < -0.39 is 17.2 Å². The number of imidazole rings is 1. The molecule has 0 radical (unpaired) electrons. The van der Waals surface area contributed by atoms with E-state index in [1.165, 1.54) is 10.8 Å². The van der Waals surface area contributed by atoms with Crippen molar-refractivity contribution in [3.05, 3.63) is 50.3 Å². The van der Waals surface area contributed by atoms with Gasteiger partial charge in [0.1, 0.15) is 12.4 Å². The monoisotopic (exact) mass is 388 g/mol. The Morgan fingerprint density at radius 3 is 2.64 bits per heavy atom. The van der Waals surface area contributed by atoms with E-state index in [4.69, 9.17) is 9.15 Å². The predicted octanol–water partition coefficient (Wildman–Crippen LogP) is 2.35. The maximum Gasteiger partial charge on any atom is 0.374 e. The molecule has 3 rings (SSSR count). The third-order valence-corrected chi connectivity index (χ3v) is 4.53. The number of H-pyrrole nitrogens is 1. The number of aromatic nitrogens is 4. The van der Waals surface area contributed by atoms with Crippen LogP contribution in [0.2, 0.25) is 0 Å². The lowest BCUT2D eigenvalue weighted by Crippen LogP contribution is -2.31. The lowest BCUT2D eigenvalue weighted by molar-refractivity contribution is 0.0421. The average Bonchev–Trinajstić information content (AvgIpc) is 3.24. The summed E-state index contributed by atoms with van der Waals surface area (Å²) >= 11 is 0. The minimum absolute atomic E-state index is 0.130. The fourth-order valence-corrected chi connectivity index (χ4v) is 3.09. The zero-order valence-corrected chi connectivity index (χ0v) is 16.3. The van der Waals surface area contributed by atoms with Gasteiger partial charge in [0.2, 0.25) is 5.76 Å². The molecule has 0 saturated heterocycles. The predicted molar refractivity (Wildman–Crippen MR) is 102 cm³/mol. The summed E-state index contributed by atoms with van der Waals surface area (Å²) in [6.07, 6.45) is 3.85. The highest BCUT2D eigenvalue weighted by molar-refractivity contribution is 5.87. The van der Waals surface area contributed by atoms with E-state index in [1.807, 2.05) is 13.8 Å². The van der Waals surface area contributed by atoms with Gasteiger partial charge in [-0.25, -0.2) is 14.6 Å². The molecule has 28 heavy (non-hydrogen) atoms. The van der Waals surface area contributed by atoms with Crippen LogP contribution in [0.3, 0.4) is 0 Å². The third-order valence-electron chi connectivity index (χ3n) is 4.53. The van der Waals surface area contributed by atoms with Crippen molar-refractivity contribution in [2.24, 2.45) is 0 Å². The van der Waals surface area contributed by atoms with Crippen molar-refractivity contribution in [1.29, 1.82) is 0 Å². The summed E-state index contributed by atoms with van der Waals surface area (Å²) in [6, 6.07) is 1.68. The lowest BCUT2D eigenvalue weighted by atomic mass is 10.3. The standard InChI is InChI=1S/C19H24N4O5/c1-4-6-9-23-16-14(17(24)21-19(23)26)22(8-5-2)13(20-16)11-28-18(25)15-12(3)7-10-27-15/h7,10H,4-6,8-9,11H2,1-3H3,(H,21,24,26). The maximum atomic E-state index is 12.5. The van der Waals surface area contributed by atoms with E-state index in [0.717, 1.165) is 19.3 Å². The number of nitrogens with zero attached hydrogens (tertiary/aromatic N) is 3. The van der Waals surface area contributed by atoms with Gasteiger partial charge in [-0.15, -0.1) is 0 Å². The van der Waals surface area contributed by atoms with E-state index >= 15 is 0 Å². The molecule has 0 saturated carbocycles. The molecular weight excluding hydrogens is 364 g/mol. The number of aromatic amines is 1. The Morgan fingerprint density at radius 1 is 1.21 bits per heavy atom. The molecule has 0 aliphatic rings. The Hall–Kier alpha value is -3.10. The number of rotatable bonds is 8. The van der Waals surface area contributed by atoms with Crippen LogP contribution in [0.25, 0.3) is 11.2 Å². The summed E-state index contributed by atoms with van der Waals surface area (Å²) < 4.78 is 13.7. The fraction of sp³-hybridized carbons (Fsp3) is 0.474. The number of nitrogens with one attached hydrogen (secondary N) is 1. The second kappa shape index (κ2) is 8.28. The summed E-state index contributed by atoms with van der Waals surface area (Å²) in [5, 5.41) is 0. The van der Waals surface area contributed by atoms with Gasteiger partial charge in [-0.1, -0.05) is 20.3 Å². The van der Waals surface area contributed by atoms with Gasteiger partial charge in [-0.05, 0) is 25.8 Å². The van der Waals surface area contributed by atoms with Crippen molar-refractivity contribution >= 4 is 17.1 Å². The number of fused-ring (bicyclic) bond motifs is 1. The Bertz CT molecular complexity index is 1100. The van der Waals surface area contributed by atoms with Crippen LogP contribution in [-0.2, 0) is 24.4 Å². The van der Waals surface area contributed by atoms with E-state index in [9.17, 15) is 14.4 Å².